The van der Waals surface area contributed by atoms with E-state index in [0.29, 0.717) is 5.69 Å². The number of aromatic nitrogens is 2. The Hall–Kier alpha value is -1.32. The zero-order valence-corrected chi connectivity index (χ0v) is 7.08. The molecule has 0 aromatic carbocycles. The Morgan fingerprint density at radius 1 is 1.75 bits per heavy atom. The number of anilines is 1. The fourth-order valence-electron chi connectivity index (χ4n) is 0.929. The minimum Gasteiger partial charge on any atom is -0.315 e. The second-order valence-corrected chi connectivity index (χ2v) is 2.57. The molecule has 0 aliphatic rings. The first-order valence-corrected chi connectivity index (χ1v) is 4.02. The highest BCUT2D eigenvalue weighted by Gasteiger charge is 1.95. The van der Waals surface area contributed by atoms with Crippen LogP contribution in [-0.4, -0.2) is 16.2 Å². The van der Waals surface area contributed by atoms with Crippen molar-refractivity contribution in [2.75, 3.05) is 5.32 Å². The van der Waals surface area contributed by atoms with Gasteiger partial charge in [0.25, 0.3) is 0 Å². The number of hydrogen-bond donors (Lipinski definition) is 1. The molecule has 0 unspecified atom stereocenters. The van der Waals surface area contributed by atoms with Crippen LogP contribution in [0.15, 0.2) is 12.4 Å². The van der Waals surface area contributed by atoms with Gasteiger partial charge in [0, 0.05) is 12.7 Å². The predicted octanol–water partition coefficient (Wildman–Crippen LogP) is 1.16. The highest BCUT2D eigenvalue weighted by molar-refractivity contribution is 5.70. The molecular weight excluding hydrogens is 154 g/mol. The van der Waals surface area contributed by atoms with E-state index in [1.807, 2.05) is 4.68 Å². The molecule has 4 nitrogen and oxygen atoms in total. The first-order chi connectivity index (χ1) is 5.86. The third-order valence-corrected chi connectivity index (χ3v) is 1.57. The molecule has 0 bridgehead atoms. The standard InChI is InChI=1S/C8H12N3O/c1-2-3-4-11-6-8(5-10-11)9-7-12/h5-6H,2-4H2,1H3,(H,9,12). The van der Waals surface area contributed by atoms with Gasteiger partial charge in [-0.05, 0) is 6.42 Å². The van der Waals surface area contributed by atoms with Crippen LogP contribution >= 0.6 is 0 Å². The Balaban J connectivity index is 2.46. The SMILES string of the molecule is CCCCn1cc(N[C]=O)cn1. The van der Waals surface area contributed by atoms with E-state index in [-0.39, 0.29) is 0 Å². The van der Waals surface area contributed by atoms with Crippen LogP contribution in [0, 0.1) is 0 Å². The van der Waals surface area contributed by atoms with Crippen LogP contribution in [0.5, 0.6) is 0 Å². The Labute approximate surface area is 71.6 Å². The van der Waals surface area contributed by atoms with Crippen molar-refractivity contribution in [1.29, 1.82) is 0 Å². The molecular formula is C8H12N3O. The van der Waals surface area contributed by atoms with Crippen LogP contribution in [0.3, 0.4) is 0 Å². The number of rotatable bonds is 5. The molecule has 4 heteroatoms. The monoisotopic (exact) mass is 166 g/mol. The first kappa shape index (κ1) is 8.77. The molecule has 1 aromatic heterocycles. The van der Waals surface area contributed by atoms with E-state index in [1.165, 1.54) is 0 Å². The molecule has 12 heavy (non-hydrogen) atoms. The molecule has 0 atom stereocenters. The molecule has 1 rings (SSSR count). The van der Waals surface area contributed by atoms with Gasteiger partial charge in [0.15, 0.2) is 0 Å². The van der Waals surface area contributed by atoms with Gasteiger partial charge >= 0.3 is 6.41 Å². The van der Waals surface area contributed by atoms with E-state index in [2.05, 4.69) is 17.3 Å². The molecule has 0 fully saturated rings. The largest absolute Gasteiger partial charge is 0.315 e. The molecule has 1 heterocycles. The lowest BCUT2D eigenvalue weighted by atomic mass is 10.3. The van der Waals surface area contributed by atoms with Crippen molar-refractivity contribution in [3.63, 3.8) is 0 Å². The van der Waals surface area contributed by atoms with Crippen LogP contribution in [0.2, 0.25) is 0 Å². The van der Waals surface area contributed by atoms with Crippen LogP contribution < -0.4 is 5.32 Å². The first-order valence-electron chi connectivity index (χ1n) is 4.02. The molecule has 1 amide bonds. The third kappa shape index (κ3) is 2.38. The van der Waals surface area contributed by atoms with E-state index in [9.17, 15) is 4.79 Å². The van der Waals surface area contributed by atoms with Crippen LogP contribution in [0.1, 0.15) is 19.8 Å². The minimum atomic E-state index is 0.695. The van der Waals surface area contributed by atoms with Crippen LogP contribution in [-0.2, 0) is 11.3 Å². The van der Waals surface area contributed by atoms with E-state index in [0.717, 1.165) is 19.4 Å². The Bertz CT molecular complexity index is 244. The number of nitrogens with one attached hydrogen (secondary N) is 1. The maximum absolute atomic E-state index is 9.92. The minimum absolute atomic E-state index is 0.695. The fraction of sp³-hybridized carbons (Fsp3) is 0.500. The van der Waals surface area contributed by atoms with Gasteiger partial charge in [-0.15, -0.1) is 0 Å². The van der Waals surface area contributed by atoms with Crippen molar-refractivity contribution in [3.05, 3.63) is 12.4 Å². The summed E-state index contributed by atoms with van der Waals surface area (Å²) in [7, 11) is 0. The molecule has 0 aliphatic carbocycles. The molecule has 0 saturated heterocycles. The summed E-state index contributed by atoms with van der Waals surface area (Å²) in [6, 6.07) is 0. The predicted molar refractivity (Wildman–Crippen MR) is 46.5 cm³/mol. The number of amides is 1. The number of aryl methyl sites for hydroxylation is 1. The Morgan fingerprint density at radius 3 is 3.25 bits per heavy atom. The van der Waals surface area contributed by atoms with Crippen molar-refractivity contribution in [2.45, 2.75) is 26.3 Å². The molecule has 1 N–H and O–H groups in total. The number of hydrogen-bond acceptors (Lipinski definition) is 2. The van der Waals surface area contributed by atoms with Gasteiger partial charge in [0.05, 0.1) is 11.9 Å². The zero-order chi connectivity index (χ0) is 8.81. The lowest BCUT2D eigenvalue weighted by Gasteiger charge is -1.96. The summed E-state index contributed by atoms with van der Waals surface area (Å²) >= 11 is 0. The molecule has 0 aliphatic heterocycles. The molecule has 1 aromatic rings. The summed E-state index contributed by atoms with van der Waals surface area (Å²) in [5, 5.41) is 6.46. The van der Waals surface area contributed by atoms with E-state index < -0.39 is 0 Å². The van der Waals surface area contributed by atoms with Gasteiger partial charge in [0.1, 0.15) is 0 Å². The molecule has 65 valence electrons. The number of carbonyl (C=O) groups excluding carboxylic acids is 1. The lowest BCUT2D eigenvalue weighted by molar-refractivity contribution is 0.561. The highest BCUT2D eigenvalue weighted by Crippen LogP contribution is 2.03. The third-order valence-electron chi connectivity index (χ3n) is 1.57. The van der Waals surface area contributed by atoms with Crippen molar-refractivity contribution < 1.29 is 4.79 Å². The number of unbranched alkanes of at least 4 members (excludes halogenated alkanes) is 1. The van der Waals surface area contributed by atoms with Crippen molar-refractivity contribution in [3.8, 4) is 0 Å². The van der Waals surface area contributed by atoms with Gasteiger partial charge in [-0.1, -0.05) is 13.3 Å². The average Bonchev–Trinajstić information content (AvgIpc) is 2.50. The zero-order valence-electron chi connectivity index (χ0n) is 7.08. The topological polar surface area (TPSA) is 46.9 Å². The maximum Gasteiger partial charge on any atom is 0.314 e. The maximum atomic E-state index is 9.92. The average molecular weight is 166 g/mol. The van der Waals surface area contributed by atoms with Gasteiger partial charge in [-0.3, -0.25) is 9.48 Å². The second kappa shape index (κ2) is 4.54. The van der Waals surface area contributed by atoms with Crippen LogP contribution in [0.25, 0.3) is 0 Å². The van der Waals surface area contributed by atoms with Crippen molar-refractivity contribution in [2.24, 2.45) is 0 Å². The smallest absolute Gasteiger partial charge is 0.314 e. The molecule has 0 saturated carbocycles. The van der Waals surface area contributed by atoms with E-state index in [4.69, 9.17) is 0 Å². The summed E-state index contributed by atoms with van der Waals surface area (Å²) in [5.41, 5.74) is 0.695. The van der Waals surface area contributed by atoms with Crippen molar-refractivity contribution >= 4 is 12.1 Å². The Kier molecular flexibility index (Phi) is 3.32. The summed E-state index contributed by atoms with van der Waals surface area (Å²) < 4.78 is 1.81. The van der Waals surface area contributed by atoms with Crippen LogP contribution in [0.4, 0.5) is 5.69 Å². The van der Waals surface area contributed by atoms with Crippen molar-refractivity contribution in [1.82, 2.24) is 9.78 Å². The Morgan fingerprint density at radius 2 is 2.58 bits per heavy atom. The normalized spacial score (nSPS) is 9.75. The van der Waals surface area contributed by atoms with Gasteiger partial charge in [-0.2, -0.15) is 5.10 Å². The van der Waals surface area contributed by atoms with Gasteiger partial charge < -0.3 is 5.32 Å². The second-order valence-electron chi connectivity index (χ2n) is 2.57. The lowest BCUT2D eigenvalue weighted by Crippen LogP contribution is -1.97. The van der Waals surface area contributed by atoms with Gasteiger partial charge in [0.2, 0.25) is 0 Å². The van der Waals surface area contributed by atoms with Gasteiger partial charge in [-0.25, -0.2) is 0 Å². The van der Waals surface area contributed by atoms with E-state index >= 15 is 0 Å². The summed E-state index contributed by atoms with van der Waals surface area (Å²) in [6.45, 7) is 3.03. The number of nitrogens with zero attached hydrogens (tertiary/aromatic N) is 2. The fourth-order valence-corrected chi connectivity index (χ4v) is 0.929. The molecule has 0 spiro atoms. The quantitative estimate of drug-likeness (QED) is 0.667. The molecule has 1 radical (unpaired) electrons. The highest BCUT2D eigenvalue weighted by atomic mass is 16.1. The summed E-state index contributed by atoms with van der Waals surface area (Å²) in [6.07, 6.45) is 7.25. The summed E-state index contributed by atoms with van der Waals surface area (Å²) in [5.74, 6) is 0. The van der Waals surface area contributed by atoms with E-state index in [1.54, 1.807) is 18.8 Å². The summed E-state index contributed by atoms with van der Waals surface area (Å²) in [4.78, 5) is 9.92.